The van der Waals surface area contributed by atoms with E-state index < -0.39 is 0 Å². The maximum absolute atomic E-state index is 12.0. The number of aryl methyl sites for hydroxylation is 1. The summed E-state index contributed by atoms with van der Waals surface area (Å²) < 4.78 is 1.99. The standard InChI is InChI=1S/C18H24N4O/c1-3-18(23)21-10-9-19-17(13-21)16-12-22(20-14(16)2)11-15-7-5-4-6-8-15/h4-8,12,17,19H,3,9-11,13H2,1-2H3. The molecule has 0 bridgehead atoms. The lowest BCUT2D eigenvalue weighted by Gasteiger charge is -2.33. The highest BCUT2D eigenvalue weighted by molar-refractivity contribution is 5.76. The molecule has 2 aromatic rings. The first-order chi connectivity index (χ1) is 11.2. The van der Waals surface area contributed by atoms with Crippen molar-refractivity contribution in [1.82, 2.24) is 20.0 Å². The molecule has 0 aliphatic carbocycles. The van der Waals surface area contributed by atoms with E-state index in [4.69, 9.17) is 0 Å². The Morgan fingerprint density at radius 3 is 2.87 bits per heavy atom. The highest BCUT2D eigenvalue weighted by Crippen LogP contribution is 2.21. The molecule has 5 nitrogen and oxygen atoms in total. The summed E-state index contributed by atoms with van der Waals surface area (Å²) in [7, 11) is 0. The molecule has 1 aromatic carbocycles. The average molecular weight is 312 g/mol. The van der Waals surface area contributed by atoms with Gasteiger partial charge in [-0.15, -0.1) is 0 Å². The van der Waals surface area contributed by atoms with Gasteiger partial charge in [-0.1, -0.05) is 37.3 Å². The number of carbonyl (C=O) groups excluding carboxylic acids is 1. The number of hydrogen-bond donors (Lipinski definition) is 1. The SMILES string of the molecule is CCC(=O)N1CCNC(c2cn(Cc3ccccc3)nc2C)C1. The molecule has 0 spiro atoms. The minimum Gasteiger partial charge on any atom is -0.340 e. The second-order valence-corrected chi connectivity index (χ2v) is 6.05. The Bertz CT molecular complexity index is 665. The van der Waals surface area contributed by atoms with Crippen LogP contribution in [0.5, 0.6) is 0 Å². The average Bonchev–Trinajstić information content (AvgIpc) is 2.95. The monoisotopic (exact) mass is 312 g/mol. The summed E-state index contributed by atoms with van der Waals surface area (Å²) in [4.78, 5) is 13.9. The van der Waals surface area contributed by atoms with Crippen molar-refractivity contribution < 1.29 is 4.79 Å². The molecule has 1 atom stereocenters. The predicted molar refractivity (Wildman–Crippen MR) is 90.1 cm³/mol. The molecule has 3 rings (SSSR count). The van der Waals surface area contributed by atoms with Gasteiger partial charge < -0.3 is 10.2 Å². The van der Waals surface area contributed by atoms with Crippen LogP contribution < -0.4 is 5.32 Å². The second-order valence-electron chi connectivity index (χ2n) is 6.05. The number of rotatable bonds is 4. The van der Waals surface area contributed by atoms with Crippen LogP contribution in [0.1, 0.15) is 36.2 Å². The van der Waals surface area contributed by atoms with Crippen molar-refractivity contribution in [3.63, 3.8) is 0 Å². The molecule has 2 heterocycles. The molecular formula is C18H24N4O. The molecule has 1 saturated heterocycles. The maximum Gasteiger partial charge on any atom is 0.222 e. The van der Waals surface area contributed by atoms with E-state index in [9.17, 15) is 4.79 Å². The largest absolute Gasteiger partial charge is 0.340 e. The summed E-state index contributed by atoms with van der Waals surface area (Å²) in [6.45, 7) is 7.08. The Kier molecular flexibility index (Phi) is 4.76. The number of piperazine rings is 1. The van der Waals surface area contributed by atoms with Crippen LogP contribution in [0, 0.1) is 6.92 Å². The van der Waals surface area contributed by atoms with Gasteiger partial charge in [0, 0.05) is 37.8 Å². The molecule has 5 heteroatoms. The Morgan fingerprint density at radius 1 is 1.35 bits per heavy atom. The molecule has 1 N–H and O–H groups in total. The lowest BCUT2D eigenvalue weighted by atomic mass is 10.1. The first kappa shape index (κ1) is 15.7. The molecule has 1 unspecified atom stereocenters. The van der Waals surface area contributed by atoms with Gasteiger partial charge in [-0.05, 0) is 12.5 Å². The highest BCUT2D eigenvalue weighted by Gasteiger charge is 2.25. The molecule has 1 amide bonds. The van der Waals surface area contributed by atoms with Gasteiger partial charge >= 0.3 is 0 Å². The summed E-state index contributed by atoms with van der Waals surface area (Å²) in [6, 6.07) is 10.5. The van der Waals surface area contributed by atoms with Gasteiger partial charge in [0.1, 0.15) is 0 Å². The van der Waals surface area contributed by atoms with Crippen LogP contribution in [0.3, 0.4) is 0 Å². The molecule has 122 valence electrons. The summed E-state index contributed by atoms with van der Waals surface area (Å²) in [5.41, 5.74) is 3.46. The van der Waals surface area contributed by atoms with Crippen molar-refractivity contribution in [3.8, 4) is 0 Å². The normalized spacial score (nSPS) is 18.2. The zero-order valence-electron chi connectivity index (χ0n) is 13.8. The lowest BCUT2D eigenvalue weighted by molar-refractivity contribution is -0.132. The Labute approximate surface area is 137 Å². The van der Waals surface area contributed by atoms with Crippen molar-refractivity contribution in [1.29, 1.82) is 0 Å². The van der Waals surface area contributed by atoms with Crippen LogP contribution in [0.25, 0.3) is 0 Å². The van der Waals surface area contributed by atoms with Crippen LogP contribution in [-0.2, 0) is 11.3 Å². The Hall–Kier alpha value is -2.14. The third kappa shape index (κ3) is 3.62. The summed E-state index contributed by atoms with van der Waals surface area (Å²) in [5.74, 6) is 0.228. The topological polar surface area (TPSA) is 50.2 Å². The molecule has 1 aliphatic heterocycles. The van der Waals surface area contributed by atoms with Crippen LogP contribution in [0.2, 0.25) is 0 Å². The highest BCUT2D eigenvalue weighted by atomic mass is 16.2. The summed E-state index contributed by atoms with van der Waals surface area (Å²) in [6.07, 6.45) is 2.68. The van der Waals surface area contributed by atoms with Crippen LogP contribution >= 0.6 is 0 Å². The van der Waals surface area contributed by atoms with E-state index in [-0.39, 0.29) is 11.9 Å². The minimum atomic E-state index is 0.170. The smallest absolute Gasteiger partial charge is 0.222 e. The van der Waals surface area contributed by atoms with E-state index in [0.717, 1.165) is 31.9 Å². The zero-order valence-corrected chi connectivity index (χ0v) is 13.8. The van der Waals surface area contributed by atoms with Crippen molar-refractivity contribution in [3.05, 3.63) is 53.3 Å². The molecule has 0 radical (unpaired) electrons. The van der Waals surface area contributed by atoms with Crippen LogP contribution in [0.15, 0.2) is 36.5 Å². The zero-order chi connectivity index (χ0) is 16.2. The number of aromatic nitrogens is 2. The molecular weight excluding hydrogens is 288 g/mol. The van der Waals surface area contributed by atoms with E-state index in [1.54, 1.807) is 0 Å². The molecule has 1 aromatic heterocycles. The molecule has 23 heavy (non-hydrogen) atoms. The van der Waals surface area contributed by atoms with E-state index in [1.807, 2.05) is 41.6 Å². The van der Waals surface area contributed by atoms with Gasteiger partial charge in [0.05, 0.1) is 18.3 Å². The first-order valence-electron chi connectivity index (χ1n) is 8.26. The molecule has 1 aliphatic rings. The fourth-order valence-corrected chi connectivity index (χ4v) is 3.14. The predicted octanol–water partition coefficient (Wildman–Crippen LogP) is 2.12. The van der Waals surface area contributed by atoms with Crippen molar-refractivity contribution in [2.45, 2.75) is 32.9 Å². The number of amides is 1. The fourth-order valence-electron chi connectivity index (χ4n) is 3.14. The van der Waals surface area contributed by atoms with Crippen LogP contribution in [0.4, 0.5) is 0 Å². The van der Waals surface area contributed by atoms with Gasteiger partial charge in [0.25, 0.3) is 0 Å². The van der Waals surface area contributed by atoms with E-state index in [0.29, 0.717) is 6.42 Å². The molecule has 0 saturated carbocycles. The van der Waals surface area contributed by atoms with Crippen molar-refractivity contribution in [2.75, 3.05) is 19.6 Å². The Morgan fingerprint density at radius 2 is 2.13 bits per heavy atom. The Balaban J connectivity index is 1.74. The third-order valence-electron chi connectivity index (χ3n) is 4.38. The van der Waals surface area contributed by atoms with Gasteiger partial charge in [0.15, 0.2) is 0 Å². The van der Waals surface area contributed by atoms with Gasteiger partial charge in [-0.2, -0.15) is 5.10 Å². The lowest BCUT2D eigenvalue weighted by Crippen LogP contribution is -2.48. The van der Waals surface area contributed by atoms with E-state index >= 15 is 0 Å². The van der Waals surface area contributed by atoms with E-state index in [1.165, 1.54) is 11.1 Å². The quantitative estimate of drug-likeness (QED) is 0.941. The van der Waals surface area contributed by atoms with Gasteiger partial charge in [-0.3, -0.25) is 9.48 Å². The van der Waals surface area contributed by atoms with Crippen LogP contribution in [-0.4, -0.2) is 40.2 Å². The maximum atomic E-state index is 12.0. The number of benzene rings is 1. The fraction of sp³-hybridized carbons (Fsp3) is 0.444. The number of nitrogens with one attached hydrogen (secondary N) is 1. The second kappa shape index (κ2) is 6.96. The third-order valence-corrected chi connectivity index (χ3v) is 4.38. The van der Waals surface area contributed by atoms with E-state index in [2.05, 4.69) is 28.7 Å². The van der Waals surface area contributed by atoms with Crippen molar-refractivity contribution in [2.24, 2.45) is 0 Å². The first-order valence-corrected chi connectivity index (χ1v) is 8.26. The summed E-state index contributed by atoms with van der Waals surface area (Å²) >= 11 is 0. The summed E-state index contributed by atoms with van der Waals surface area (Å²) in [5, 5.41) is 8.16. The number of carbonyl (C=O) groups is 1. The minimum absolute atomic E-state index is 0.170. The number of hydrogen-bond acceptors (Lipinski definition) is 3. The molecule has 1 fully saturated rings. The van der Waals surface area contributed by atoms with Gasteiger partial charge in [0.2, 0.25) is 5.91 Å². The van der Waals surface area contributed by atoms with Gasteiger partial charge in [-0.25, -0.2) is 0 Å². The van der Waals surface area contributed by atoms with Crippen molar-refractivity contribution >= 4 is 5.91 Å². The number of nitrogens with zero attached hydrogens (tertiary/aromatic N) is 3.